The first-order valence-corrected chi connectivity index (χ1v) is 8.25. The number of nitrogens with two attached hydrogens (primary N) is 1. The molecule has 1 aliphatic carbocycles. The molecule has 1 fully saturated rings. The quantitative estimate of drug-likeness (QED) is 0.834. The fraction of sp³-hybridized carbons (Fsp3) is 0.667. The van der Waals surface area contributed by atoms with Gasteiger partial charge in [0.1, 0.15) is 5.75 Å². The lowest BCUT2D eigenvalue weighted by molar-refractivity contribution is 0.335. The summed E-state index contributed by atoms with van der Waals surface area (Å²) in [6, 6.07) is 7.01. The van der Waals surface area contributed by atoms with Gasteiger partial charge in [0.25, 0.3) is 0 Å². The maximum atomic E-state index is 6.14. The normalized spacial score (nSPS) is 17.9. The van der Waals surface area contributed by atoms with Crippen LogP contribution in [0.2, 0.25) is 0 Å². The van der Waals surface area contributed by atoms with E-state index in [2.05, 4.69) is 25.1 Å². The molecule has 1 aliphatic rings. The highest BCUT2D eigenvalue weighted by molar-refractivity contribution is 5.39. The van der Waals surface area contributed by atoms with E-state index in [0.29, 0.717) is 0 Å². The Balaban J connectivity index is 2.19. The molecule has 0 heterocycles. The van der Waals surface area contributed by atoms with Crippen molar-refractivity contribution in [2.75, 3.05) is 6.61 Å². The van der Waals surface area contributed by atoms with Crippen molar-refractivity contribution in [3.8, 4) is 5.75 Å². The van der Waals surface area contributed by atoms with Crippen molar-refractivity contribution in [1.82, 2.24) is 0 Å². The molecule has 1 aromatic carbocycles. The largest absolute Gasteiger partial charge is 0.494 e. The molecule has 0 radical (unpaired) electrons. The molecule has 2 N–H and O–H groups in total. The third kappa shape index (κ3) is 3.99. The standard InChI is InChI=1S/C18H29NO/c1-3-17(19)13-16-12-15(10-11-18(16)20-4-2)14-8-6-5-7-9-14/h10-12,14,17H,3-9,13,19H2,1-2H3. The Bertz CT molecular complexity index is 410. The van der Waals surface area contributed by atoms with Crippen LogP contribution in [0.5, 0.6) is 5.75 Å². The Morgan fingerprint density at radius 2 is 1.95 bits per heavy atom. The van der Waals surface area contributed by atoms with Crippen molar-refractivity contribution < 1.29 is 4.74 Å². The summed E-state index contributed by atoms with van der Waals surface area (Å²) in [5, 5.41) is 0. The summed E-state index contributed by atoms with van der Waals surface area (Å²) < 4.78 is 5.77. The Morgan fingerprint density at radius 1 is 1.20 bits per heavy atom. The van der Waals surface area contributed by atoms with Crippen LogP contribution in [0.25, 0.3) is 0 Å². The summed E-state index contributed by atoms with van der Waals surface area (Å²) in [5.41, 5.74) is 8.93. The van der Waals surface area contributed by atoms with Gasteiger partial charge in [0, 0.05) is 6.04 Å². The third-order valence-electron chi connectivity index (χ3n) is 4.47. The SMILES string of the molecule is CCOc1ccc(C2CCCCC2)cc1CC(N)CC. The van der Waals surface area contributed by atoms with Gasteiger partial charge >= 0.3 is 0 Å². The summed E-state index contributed by atoms with van der Waals surface area (Å²) in [5.74, 6) is 1.77. The van der Waals surface area contributed by atoms with Crippen molar-refractivity contribution in [3.05, 3.63) is 29.3 Å². The third-order valence-corrected chi connectivity index (χ3v) is 4.47. The molecular formula is C18H29NO. The molecule has 112 valence electrons. The van der Waals surface area contributed by atoms with Gasteiger partial charge in [-0.25, -0.2) is 0 Å². The van der Waals surface area contributed by atoms with Crippen molar-refractivity contribution in [2.24, 2.45) is 5.73 Å². The van der Waals surface area contributed by atoms with Gasteiger partial charge in [-0.3, -0.25) is 0 Å². The van der Waals surface area contributed by atoms with Crippen molar-refractivity contribution in [2.45, 2.75) is 70.8 Å². The summed E-state index contributed by atoms with van der Waals surface area (Å²) >= 11 is 0. The molecule has 0 saturated heterocycles. The molecule has 2 heteroatoms. The lowest BCUT2D eigenvalue weighted by atomic mass is 9.83. The molecule has 0 spiro atoms. The topological polar surface area (TPSA) is 35.2 Å². The maximum absolute atomic E-state index is 6.14. The van der Waals surface area contributed by atoms with E-state index in [1.807, 2.05) is 6.92 Å². The second-order valence-electron chi connectivity index (χ2n) is 6.01. The highest BCUT2D eigenvalue weighted by atomic mass is 16.5. The summed E-state index contributed by atoms with van der Waals surface area (Å²) in [7, 11) is 0. The molecule has 2 rings (SSSR count). The number of rotatable bonds is 6. The van der Waals surface area contributed by atoms with Crippen LogP contribution >= 0.6 is 0 Å². The van der Waals surface area contributed by atoms with Crippen LogP contribution in [-0.4, -0.2) is 12.6 Å². The minimum absolute atomic E-state index is 0.232. The Morgan fingerprint density at radius 3 is 2.60 bits per heavy atom. The lowest BCUT2D eigenvalue weighted by Crippen LogP contribution is -2.22. The average molecular weight is 275 g/mol. The molecule has 1 atom stereocenters. The van der Waals surface area contributed by atoms with Crippen LogP contribution in [0.3, 0.4) is 0 Å². The van der Waals surface area contributed by atoms with Crippen molar-refractivity contribution in [1.29, 1.82) is 0 Å². The van der Waals surface area contributed by atoms with Crippen LogP contribution in [0.4, 0.5) is 0 Å². The predicted octanol–water partition coefficient (Wildman–Crippen LogP) is 4.41. The van der Waals surface area contributed by atoms with E-state index in [1.165, 1.54) is 43.2 Å². The van der Waals surface area contributed by atoms with E-state index in [4.69, 9.17) is 10.5 Å². The van der Waals surface area contributed by atoms with E-state index in [9.17, 15) is 0 Å². The van der Waals surface area contributed by atoms with E-state index in [1.54, 1.807) is 0 Å². The van der Waals surface area contributed by atoms with E-state index in [-0.39, 0.29) is 6.04 Å². The van der Waals surface area contributed by atoms with Gasteiger partial charge in [0.05, 0.1) is 6.61 Å². The van der Waals surface area contributed by atoms with Gasteiger partial charge in [0.2, 0.25) is 0 Å². The van der Waals surface area contributed by atoms with Crippen LogP contribution in [-0.2, 0) is 6.42 Å². The van der Waals surface area contributed by atoms with Crippen molar-refractivity contribution >= 4 is 0 Å². The summed E-state index contributed by atoms with van der Waals surface area (Å²) in [6.45, 7) is 4.91. The zero-order valence-electron chi connectivity index (χ0n) is 13.0. The highest BCUT2D eigenvalue weighted by Crippen LogP contribution is 2.35. The average Bonchev–Trinajstić information content (AvgIpc) is 2.50. The van der Waals surface area contributed by atoms with Crippen molar-refractivity contribution in [3.63, 3.8) is 0 Å². The smallest absolute Gasteiger partial charge is 0.122 e. The molecule has 1 saturated carbocycles. The minimum atomic E-state index is 0.232. The maximum Gasteiger partial charge on any atom is 0.122 e. The summed E-state index contributed by atoms with van der Waals surface area (Å²) in [4.78, 5) is 0. The number of benzene rings is 1. The van der Waals surface area contributed by atoms with Gasteiger partial charge in [-0.2, -0.15) is 0 Å². The van der Waals surface area contributed by atoms with Crippen LogP contribution in [0.15, 0.2) is 18.2 Å². The fourth-order valence-electron chi connectivity index (χ4n) is 3.17. The number of hydrogen-bond acceptors (Lipinski definition) is 2. The molecular weight excluding hydrogens is 246 g/mol. The van der Waals surface area contributed by atoms with E-state index in [0.717, 1.165) is 31.1 Å². The lowest BCUT2D eigenvalue weighted by Gasteiger charge is -2.23. The van der Waals surface area contributed by atoms with Gasteiger partial charge in [0.15, 0.2) is 0 Å². The first-order valence-electron chi connectivity index (χ1n) is 8.25. The second-order valence-corrected chi connectivity index (χ2v) is 6.01. The van der Waals surface area contributed by atoms with Crippen LogP contribution in [0, 0.1) is 0 Å². The van der Waals surface area contributed by atoms with Crippen LogP contribution in [0.1, 0.15) is 69.4 Å². The first-order chi connectivity index (χ1) is 9.74. The zero-order chi connectivity index (χ0) is 14.4. The highest BCUT2D eigenvalue weighted by Gasteiger charge is 2.17. The van der Waals surface area contributed by atoms with Gasteiger partial charge in [-0.1, -0.05) is 38.3 Å². The monoisotopic (exact) mass is 275 g/mol. The molecule has 0 bridgehead atoms. The predicted molar refractivity (Wildman–Crippen MR) is 85.4 cm³/mol. The van der Waals surface area contributed by atoms with Gasteiger partial charge < -0.3 is 10.5 Å². The zero-order valence-corrected chi connectivity index (χ0v) is 13.0. The molecule has 1 aromatic rings. The fourth-order valence-corrected chi connectivity index (χ4v) is 3.17. The van der Waals surface area contributed by atoms with Crippen LogP contribution < -0.4 is 10.5 Å². The Hall–Kier alpha value is -1.02. The minimum Gasteiger partial charge on any atom is -0.494 e. The van der Waals surface area contributed by atoms with E-state index >= 15 is 0 Å². The summed E-state index contributed by atoms with van der Waals surface area (Å²) in [6.07, 6.45) is 8.77. The Labute approximate surface area is 123 Å². The molecule has 20 heavy (non-hydrogen) atoms. The van der Waals surface area contributed by atoms with Gasteiger partial charge in [-0.05, 0) is 55.7 Å². The number of hydrogen-bond donors (Lipinski definition) is 1. The molecule has 0 amide bonds. The first kappa shape index (κ1) is 15.4. The molecule has 0 aliphatic heterocycles. The molecule has 2 nitrogen and oxygen atoms in total. The Kier molecular flexibility index (Phi) is 5.90. The second kappa shape index (κ2) is 7.68. The van der Waals surface area contributed by atoms with E-state index < -0.39 is 0 Å². The number of ether oxygens (including phenoxy) is 1. The van der Waals surface area contributed by atoms with Gasteiger partial charge in [-0.15, -0.1) is 0 Å². The molecule has 0 aromatic heterocycles. The molecule has 1 unspecified atom stereocenters.